The van der Waals surface area contributed by atoms with Crippen molar-refractivity contribution in [2.75, 3.05) is 44.8 Å². The van der Waals surface area contributed by atoms with E-state index in [1.54, 1.807) is 0 Å². The molecule has 6 nitrogen and oxygen atoms in total. The third-order valence-electron chi connectivity index (χ3n) is 5.16. The summed E-state index contributed by atoms with van der Waals surface area (Å²) >= 11 is 0. The first-order chi connectivity index (χ1) is 11.8. The molecular weight excluding hydrogens is 306 g/mol. The van der Waals surface area contributed by atoms with Crippen molar-refractivity contribution >= 4 is 11.7 Å². The summed E-state index contributed by atoms with van der Waals surface area (Å²) in [6.45, 7) is 5.52. The van der Waals surface area contributed by atoms with Gasteiger partial charge in [-0.15, -0.1) is 0 Å². The third-order valence-corrected chi connectivity index (χ3v) is 5.16. The Morgan fingerprint density at radius 1 is 1.12 bits per heavy atom. The van der Waals surface area contributed by atoms with E-state index in [4.69, 9.17) is 9.47 Å². The Hall–Kier alpha value is -1.95. The number of fused-ring (bicyclic) bond motifs is 1. The lowest BCUT2D eigenvalue weighted by atomic mass is 10.1. The predicted octanol–water partition coefficient (Wildman–Crippen LogP) is 2.76. The fourth-order valence-electron chi connectivity index (χ4n) is 3.85. The highest BCUT2D eigenvalue weighted by Crippen LogP contribution is 2.34. The largest absolute Gasteiger partial charge is 0.454 e. The maximum atomic E-state index is 12.5. The van der Waals surface area contributed by atoms with Crippen molar-refractivity contribution < 1.29 is 14.3 Å². The molecule has 130 valence electrons. The molecule has 2 fully saturated rings. The highest BCUT2D eigenvalue weighted by atomic mass is 16.7. The predicted molar refractivity (Wildman–Crippen MR) is 91.6 cm³/mol. The second kappa shape index (κ2) is 6.89. The zero-order valence-corrected chi connectivity index (χ0v) is 14.0. The Kier molecular flexibility index (Phi) is 4.47. The zero-order chi connectivity index (χ0) is 16.4. The van der Waals surface area contributed by atoms with Gasteiger partial charge in [-0.25, -0.2) is 4.79 Å². The number of anilines is 1. The van der Waals surface area contributed by atoms with Crippen LogP contribution in [-0.2, 0) is 0 Å². The number of nitrogens with zero attached hydrogens (tertiary/aromatic N) is 2. The number of likely N-dealkylation sites (tertiary alicyclic amines) is 2. The number of hydrogen-bond acceptors (Lipinski definition) is 4. The smallest absolute Gasteiger partial charge is 0.321 e. The lowest BCUT2D eigenvalue weighted by Crippen LogP contribution is -2.37. The lowest BCUT2D eigenvalue weighted by molar-refractivity contribution is 0.174. The molecule has 0 spiro atoms. The average Bonchev–Trinajstić information content (AvgIpc) is 3.24. The number of carbonyl (C=O) groups is 1. The van der Waals surface area contributed by atoms with Gasteiger partial charge < -0.3 is 24.6 Å². The van der Waals surface area contributed by atoms with Gasteiger partial charge in [-0.1, -0.05) is 6.42 Å². The van der Waals surface area contributed by atoms with Gasteiger partial charge in [0.2, 0.25) is 6.79 Å². The van der Waals surface area contributed by atoms with E-state index in [0.717, 1.165) is 37.5 Å². The summed E-state index contributed by atoms with van der Waals surface area (Å²) in [6.07, 6.45) is 5.11. The SMILES string of the molecule is O=C(Nc1ccc2c(c1)OCO2)N1CC[C@@H](CN2CCCCC2)C1. The highest BCUT2D eigenvalue weighted by Gasteiger charge is 2.28. The first-order valence-electron chi connectivity index (χ1n) is 8.96. The number of ether oxygens (including phenoxy) is 2. The van der Waals surface area contributed by atoms with Crippen molar-refractivity contribution in [1.82, 2.24) is 9.80 Å². The number of hydrogen-bond donors (Lipinski definition) is 1. The normalized spacial score (nSPS) is 23.5. The molecule has 3 aliphatic rings. The number of rotatable bonds is 3. The quantitative estimate of drug-likeness (QED) is 0.925. The van der Waals surface area contributed by atoms with Crippen molar-refractivity contribution in [3.63, 3.8) is 0 Å². The Morgan fingerprint density at radius 3 is 2.83 bits per heavy atom. The molecule has 0 aromatic heterocycles. The van der Waals surface area contributed by atoms with Crippen LogP contribution in [0.1, 0.15) is 25.7 Å². The fourth-order valence-corrected chi connectivity index (χ4v) is 3.85. The minimum atomic E-state index is -0.0185. The van der Waals surface area contributed by atoms with Crippen molar-refractivity contribution in [2.45, 2.75) is 25.7 Å². The Labute approximate surface area is 142 Å². The summed E-state index contributed by atoms with van der Waals surface area (Å²) < 4.78 is 10.6. The summed E-state index contributed by atoms with van der Waals surface area (Å²) in [5, 5.41) is 2.98. The maximum absolute atomic E-state index is 12.5. The summed E-state index contributed by atoms with van der Waals surface area (Å²) in [6, 6.07) is 5.49. The van der Waals surface area contributed by atoms with E-state index in [9.17, 15) is 4.79 Å². The van der Waals surface area contributed by atoms with Crippen LogP contribution < -0.4 is 14.8 Å². The van der Waals surface area contributed by atoms with E-state index in [2.05, 4.69) is 10.2 Å². The van der Waals surface area contributed by atoms with Gasteiger partial charge in [0.1, 0.15) is 0 Å². The van der Waals surface area contributed by atoms with Crippen LogP contribution in [-0.4, -0.2) is 55.3 Å². The molecule has 4 rings (SSSR count). The molecule has 6 heteroatoms. The molecule has 2 amide bonds. The highest BCUT2D eigenvalue weighted by molar-refractivity contribution is 5.90. The van der Waals surface area contributed by atoms with Gasteiger partial charge in [-0.3, -0.25) is 0 Å². The molecule has 1 atom stereocenters. The Bertz CT molecular complexity index is 601. The van der Waals surface area contributed by atoms with Crippen molar-refractivity contribution in [1.29, 1.82) is 0 Å². The van der Waals surface area contributed by atoms with E-state index in [1.807, 2.05) is 23.1 Å². The minimum absolute atomic E-state index is 0.0185. The van der Waals surface area contributed by atoms with Crippen LogP contribution in [0.25, 0.3) is 0 Å². The molecule has 0 saturated carbocycles. The number of carbonyl (C=O) groups excluding carboxylic acids is 1. The molecule has 1 aromatic carbocycles. The fraction of sp³-hybridized carbons (Fsp3) is 0.611. The molecule has 2 saturated heterocycles. The maximum Gasteiger partial charge on any atom is 0.321 e. The molecule has 0 aliphatic carbocycles. The van der Waals surface area contributed by atoms with Crippen LogP contribution in [0.15, 0.2) is 18.2 Å². The molecule has 0 radical (unpaired) electrons. The molecule has 3 aliphatic heterocycles. The molecule has 1 N–H and O–H groups in total. The number of nitrogens with one attached hydrogen (secondary N) is 1. The van der Waals surface area contributed by atoms with E-state index in [0.29, 0.717) is 11.7 Å². The zero-order valence-electron chi connectivity index (χ0n) is 14.0. The standard InChI is InChI=1S/C18H25N3O3/c22-18(19-15-4-5-16-17(10-15)24-13-23-16)21-9-6-14(12-21)11-20-7-2-1-3-8-20/h4-5,10,14H,1-3,6-9,11-13H2,(H,19,22)/t14-/m0/s1. The first-order valence-corrected chi connectivity index (χ1v) is 8.96. The number of benzene rings is 1. The number of urea groups is 1. The summed E-state index contributed by atoms with van der Waals surface area (Å²) in [5.74, 6) is 2.03. The summed E-state index contributed by atoms with van der Waals surface area (Å²) in [5.41, 5.74) is 0.753. The second-order valence-electron chi connectivity index (χ2n) is 6.96. The monoisotopic (exact) mass is 331 g/mol. The third kappa shape index (κ3) is 3.43. The molecule has 1 aromatic rings. The van der Waals surface area contributed by atoms with E-state index in [-0.39, 0.29) is 12.8 Å². The molecule has 0 bridgehead atoms. The van der Waals surface area contributed by atoms with Crippen LogP contribution in [0.4, 0.5) is 10.5 Å². The van der Waals surface area contributed by atoms with E-state index in [1.165, 1.54) is 32.4 Å². The summed E-state index contributed by atoms with van der Waals surface area (Å²) in [4.78, 5) is 17.0. The average molecular weight is 331 g/mol. The van der Waals surface area contributed by atoms with Gasteiger partial charge in [0.25, 0.3) is 0 Å². The van der Waals surface area contributed by atoms with Crippen molar-refractivity contribution in [3.8, 4) is 11.5 Å². The van der Waals surface area contributed by atoms with Gasteiger partial charge in [0, 0.05) is 31.4 Å². The minimum Gasteiger partial charge on any atom is -0.454 e. The summed E-state index contributed by atoms with van der Waals surface area (Å²) in [7, 11) is 0. The van der Waals surface area contributed by atoms with Gasteiger partial charge in [-0.05, 0) is 50.4 Å². The van der Waals surface area contributed by atoms with Crippen molar-refractivity contribution in [2.24, 2.45) is 5.92 Å². The lowest BCUT2D eigenvalue weighted by Gasteiger charge is -2.29. The number of piperidine rings is 1. The Balaban J connectivity index is 1.29. The molecule has 0 unspecified atom stereocenters. The van der Waals surface area contributed by atoms with Crippen molar-refractivity contribution in [3.05, 3.63) is 18.2 Å². The van der Waals surface area contributed by atoms with Gasteiger partial charge in [0.15, 0.2) is 11.5 Å². The van der Waals surface area contributed by atoms with Crippen LogP contribution in [0.5, 0.6) is 11.5 Å². The van der Waals surface area contributed by atoms with E-state index < -0.39 is 0 Å². The molecular formula is C18H25N3O3. The first kappa shape index (κ1) is 15.6. The van der Waals surface area contributed by atoms with Crippen LogP contribution in [0.3, 0.4) is 0 Å². The Morgan fingerprint density at radius 2 is 1.96 bits per heavy atom. The number of amides is 2. The van der Waals surface area contributed by atoms with Gasteiger partial charge in [0.05, 0.1) is 0 Å². The molecule has 24 heavy (non-hydrogen) atoms. The van der Waals surface area contributed by atoms with Gasteiger partial charge >= 0.3 is 6.03 Å². The van der Waals surface area contributed by atoms with Crippen LogP contribution in [0.2, 0.25) is 0 Å². The topological polar surface area (TPSA) is 54.0 Å². The second-order valence-corrected chi connectivity index (χ2v) is 6.96. The van der Waals surface area contributed by atoms with Crippen LogP contribution >= 0.6 is 0 Å². The van der Waals surface area contributed by atoms with E-state index >= 15 is 0 Å². The van der Waals surface area contributed by atoms with Crippen LogP contribution in [0, 0.1) is 5.92 Å². The van der Waals surface area contributed by atoms with Gasteiger partial charge in [-0.2, -0.15) is 0 Å². The molecule has 3 heterocycles.